The van der Waals surface area contributed by atoms with Gasteiger partial charge >= 0.3 is 0 Å². The molecule has 17 heavy (non-hydrogen) atoms. The molecule has 0 aliphatic carbocycles. The predicted molar refractivity (Wildman–Crippen MR) is 73.9 cm³/mol. The van der Waals surface area contributed by atoms with E-state index in [0.717, 1.165) is 11.7 Å². The van der Waals surface area contributed by atoms with Gasteiger partial charge in [-0.05, 0) is 56.2 Å². The molecular formula is C14H21NOS. The normalized spacial score (nSPS) is 20.2. The van der Waals surface area contributed by atoms with Crippen molar-refractivity contribution in [3.05, 3.63) is 24.3 Å². The van der Waals surface area contributed by atoms with E-state index in [1.807, 2.05) is 23.9 Å². The van der Waals surface area contributed by atoms with E-state index in [2.05, 4.69) is 17.4 Å². The first-order valence-electron chi connectivity index (χ1n) is 6.36. The Morgan fingerprint density at radius 1 is 1.41 bits per heavy atom. The van der Waals surface area contributed by atoms with E-state index in [1.54, 1.807) is 7.11 Å². The molecule has 2 nitrogen and oxygen atoms in total. The summed E-state index contributed by atoms with van der Waals surface area (Å²) in [6, 6.07) is 8.27. The Labute approximate surface area is 108 Å². The SMILES string of the molecule is COc1ccccc1SCCC1CCCNC1. The van der Waals surface area contributed by atoms with Gasteiger partial charge in [-0.3, -0.25) is 0 Å². The van der Waals surface area contributed by atoms with Crippen molar-refractivity contribution in [3.63, 3.8) is 0 Å². The molecule has 1 atom stereocenters. The van der Waals surface area contributed by atoms with Gasteiger partial charge in [0.25, 0.3) is 0 Å². The Hall–Kier alpha value is -0.670. The predicted octanol–water partition coefficient (Wildman–Crippen LogP) is 3.18. The molecule has 0 spiro atoms. The van der Waals surface area contributed by atoms with Crippen LogP contribution in [0.3, 0.4) is 0 Å². The molecule has 1 saturated heterocycles. The Morgan fingerprint density at radius 3 is 3.06 bits per heavy atom. The fourth-order valence-electron chi connectivity index (χ4n) is 2.24. The molecule has 1 fully saturated rings. The number of hydrogen-bond donors (Lipinski definition) is 1. The van der Waals surface area contributed by atoms with Crippen molar-refractivity contribution in [2.75, 3.05) is 26.0 Å². The number of ether oxygens (including phenoxy) is 1. The number of rotatable bonds is 5. The van der Waals surface area contributed by atoms with Crippen LogP contribution in [0.15, 0.2) is 29.2 Å². The van der Waals surface area contributed by atoms with Crippen molar-refractivity contribution < 1.29 is 4.74 Å². The Balaban J connectivity index is 1.77. The second-order valence-electron chi connectivity index (χ2n) is 4.50. The van der Waals surface area contributed by atoms with Crippen LogP contribution in [0.25, 0.3) is 0 Å². The lowest BCUT2D eigenvalue weighted by Crippen LogP contribution is -2.29. The maximum Gasteiger partial charge on any atom is 0.132 e. The third-order valence-corrected chi connectivity index (χ3v) is 4.34. The summed E-state index contributed by atoms with van der Waals surface area (Å²) in [5.74, 6) is 3.05. The number of hydrogen-bond acceptors (Lipinski definition) is 3. The monoisotopic (exact) mass is 251 g/mol. The highest BCUT2D eigenvalue weighted by Gasteiger charge is 2.12. The first-order chi connectivity index (χ1) is 8.40. The van der Waals surface area contributed by atoms with Crippen molar-refractivity contribution in [2.24, 2.45) is 5.92 Å². The third kappa shape index (κ3) is 3.93. The van der Waals surface area contributed by atoms with Gasteiger partial charge in [0.15, 0.2) is 0 Å². The molecule has 94 valence electrons. The number of methoxy groups -OCH3 is 1. The second kappa shape index (κ2) is 6.92. The minimum Gasteiger partial charge on any atom is -0.496 e. The zero-order chi connectivity index (χ0) is 11.9. The molecule has 2 rings (SSSR count). The Kier molecular flexibility index (Phi) is 5.20. The molecule has 0 bridgehead atoms. The van der Waals surface area contributed by atoms with Gasteiger partial charge in [-0.1, -0.05) is 12.1 Å². The van der Waals surface area contributed by atoms with Gasteiger partial charge < -0.3 is 10.1 Å². The summed E-state index contributed by atoms with van der Waals surface area (Å²) in [6.07, 6.45) is 4.03. The summed E-state index contributed by atoms with van der Waals surface area (Å²) >= 11 is 1.91. The molecule has 0 aromatic heterocycles. The number of piperidine rings is 1. The number of para-hydroxylation sites is 1. The molecule has 1 N–H and O–H groups in total. The molecule has 1 aliphatic rings. The molecule has 0 amide bonds. The molecule has 1 heterocycles. The van der Waals surface area contributed by atoms with Gasteiger partial charge in [-0.2, -0.15) is 0 Å². The molecule has 3 heteroatoms. The second-order valence-corrected chi connectivity index (χ2v) is 5.64. The average molecular weight is 251 g/mol. The first kappa shape index (κ1) is 12.8. The lowest BCUT2D eigenvalue weighted by atomic mass is 9.97. The highest BCUT2D eigenvalue weighted by Crippen LogP contribution is 2.30. The van der Waals surface area contributed by atoms with E-state index in [4.69, 9.17) is 4.74 Å². The van der Waals surface area contributed by atoms with Crippen LogP contribution >= 0.6 is 11.8 Å². The largest absolute Gasteiger partial charge is 0.496 e. The lowest BCUT2D eigenvalue weighted by Gasteiger charge is -2.22. The molecule has 1 aromatic rings. The van der Waals surface area contributed by atoms with Crippen LogP contribution in [0, 0.1) is 5.92 Å². The van der Waals surface area contributed by atoms with Crippen molar-refractivity contribution >= 4 is 11.8 Å². The van der Waals surface area contributed by atoms with Crippen molar-refractivity contribution in [3.8, 4) is 5.75 Å². The van der Waals surface area contributed by atoms with E-state index < -0.39 is 0 Å². The highest BCUT2D eigenvalue weighted by molar-refractivity contribution is 7.99. The summed E-state index contributed by atoms with van der Waals surface area (Å²) < 4.78 is 5.35. The van der Waals surface area contributed by atoms with Crippen LogP contribution in [0.4, 0.5) is 0 Å². The summed E-state index contributed by atoms with van der Waals surface area (Å²) in [5, 5.41) is 3.47. The van der Waals surface area contributed by atoms with Gasteiger partial charge in [-0.25, -0.2) is 0 Å². The summed E-state index contributed by atoms with van der Waals surface area (Å²) in [5.41, 5.74) is 0. The third-order valence-electron chi connectivity index (χ3n) is 3.25. The number of benzene rings is 1. The number of thioether (sulfide) groups is 1. The van der Waals surface area contributed by atoms with E-state index in [1.165, 1.54) is 43.0 Å². The number of nitrogens with one attached hydrogen (secondary N) is 1. The van der Waals surface area contributed by atoms with Gasteiger partial charge in [0, 0.05) is 4.90 Å². The van der Waals surface area contributed by atoms with E-state index in [0.29, 0.717) is 0 Å². The van der Waals surface area contributed by atoms with Gasteiger partial charge in [0.2, 0.25) is 0 Å². The standard InChI is InChI=1S/C14H21NOS/c1-16-13-6-2-3-7-14(13)17-10-8-12-5-4-9-15-11-12/h2-3,6-7,12,15H,4-5,8-11H2,1H3. The summed E-state index contributed by atoms with van der Waals surface area (Å²) in [7, 11) is 1.74. The Bertz CT molecular complexity index is 337. The van der Waals surface area contributed by atoms with Gasteiger partial charge in [0.05, 0.1) is 7.11 Å². The summed E-state index contributed by atoms with van der Waals surface area (Å²) in [6.45, 7) is 2.41. The quantitative estimate of drug-likeness (QED) is 0.812. The van der Waals surface area contributed by atoms with Gasteiger partial charge in [-0.15, -0.1) is 11.8 Å². The van der Waals surface area contributed by atoms with Crippen LogP contribution in [0.5, 0.6) is 5.75 Å². The minimum atomic E-state index is 0.867. The first-order valence-corrected chi connectivity index (χ1v) is 7.35. The molecule has 0 radical (unpaired) electrons. The van der Waals surface area contributed by atoms with Crippen LogP contribution in [-0.2, 0) is 0 Å². The Morgan fingerprint density at radius 2 is 2.29 bits per heavy atom. The summed E-state index contributed by atoms with van der Waals surface area (Å²) in [4.78, 5) is 1.26. The smallest absolute Gasteiger partial charge is 0.132 e. The van der Waals surface area contributed by atoms with Crippen molar-refractivity contribution in [2.45, 2.75) is 24.2 Å². The maximum atomic E-state index is 5.35. The van der Waals surface area contributed by atoms with Crippen LogP contribution in [0.1, 0.15) is 19.3 Å². The van der Waals surface area contributed by atoms with Crippen molar-refractivity contribution in [1.29, 1.82) is 0 Å². The van der Waals surface area contributed by atoms with Crippen LogP contribution < -0.4 is 10.1 Å². The lowest BCUT2D eigenvalue weighted by molar-refractivity contribution is 0.371. The zero-order valence-electron chi connectivity index (χ0n) is 10.4. The molecule has 1 unspecified atom stereocenters. The topological polar surface area (TPSA) is 21.3 Å². The van der Waals surface area contributed by atoms with Crippen molar-refractivity contribution in [1.82, 2.24) is 5.32 Å². The highest BCUT2D eigenvalue weighted by atomic mass is 32.2. The molecule has 0 saturated carbocycles. The molecular weight excluding hydrogens is 230 g/mol. The van der Waals surface area contributed by atoms with Gasteiger partial charge in [0.1, 0.15) is 5.75 Å². The fraction of sp³-hybridized carbons (Fsp3) is 0.571. The zero-order valence-corrected chi connectivity index (χ0v) is 11.3. The average Bonchev–Trinajstić information content (AvgIpc) is 2.40. The minimum absolute atomic E-state index is 0.867. The molecule has 1 aromatic carbocycles. The van der Waals surface area contributed by atoms with E-state index >= 15 is 0 Å². The van der Waals surface area contributed by atoms with E-state index in [9.17, 15) is 0 Å². The van der Waals surface area contributed by atoms with E-state index in [-0.39, 0.29) is 0 Å². The maximum absolute atomic E-state index is 5.35. The fourth-order valence-corrected chi connectivity index (χ4v) is 3.38. The van der Waals surface area contributed by atoms with Crippen LogP contribution in [0.2, 0.25) is 0 Å². The van der Waals surface area contributed by atoms with Crippen LogP contribution in [-0.4, -0.2) is 26.0 Å². The molecule has 1 aliphatic heterocycles.